The first-order chi connectivity index (χ1) is 12.1. The number of aryl methyl sites for hydroxylation is 1. The molecule has 3 aromatic rings. The van der Waals surface area contributed by atoms with Gasteiger partial charge in [-0.15, -0.1) is 10.2 Å². The van der Waals surface area contributed by atoms with Crippen LogP contribution in [0.15, 0.2) is 52.7 Å². The zero-order valence-corrected chi connectivity index (χ0v) is 14.3. The van der Waals surface area contributed by atoms with Crippen molar-refractivity contribution in [2.45, 2.75) is 13.3 Å². The Morgan fingerprint density at radius 1 is 1.12 bits per heavy atom. The fourth-order valence-corrected chi connectivity index (χ4v) is 2.47. The molecule has 0 spiro atoms. The van der Waals surface area contributed by atoms with Crippen molar-refractivity contribution in [2.24, 2.45) is 10.2 Å². The summed E-state index contributed by atoms with van der Waals surface area (Å²) in [5, 5.41) is 8.61. The van der Waals surface area contributed by atoms with Crippen LogP contribution in [0.25, 0.3) is 5.65 Å². The number of ether oxygens (including phenoxy) is 2. The molecule has 0 amide bonds. The third kappa shape index (κ3) is 3.50. The molecule has 0 saturated heterocycles. The Morgan fingerprint density at radius 2 is 1.88 bits per heavy atom. The number of azo groups is 1. The number of fused-ring (bicyclic) bond motifs is 1. The average molecular weight is 338 g/mol. The van der Waals surface area contributed by atoms with Crippen LogP contribution in [-0.4, -0.2) is 29.6 Å². The number of aromatic nitrogens is 2. The number of esters is 1. The van der Waals surface area contributed by atoms with Crippen LogP contribution < -0.4 is 4.74 Å². The number of methoxy groups -OCH3 is 2. The Bertz CT molecular complexity index is 929. The van der Waals surface area contributed by atoms with Gasteiger partial charge in [0.25, 0.3) is 0 Å². The molecule has 0 aliphatic heterocycles. The predicted octanol–water partition coefficient (Wildman–Crippen LogP) is 3.78. The third-order valence-electron chi connectivity index (χ3n) is 3.76. The van der Waals surface area contributed by atoms with Crippen molar-refractivity contribution in [1.29, 1.82) is 0 Å². The Labute approximate surface area is 144 Å². The number of hydrogen-bond donors (Lipinski definition) is 0. The second-order valence-corrected chi connectivity index (χ2v) is 5.39. The van der Waals surface area contributed by atoms with Gasteiger partial charge in [0.1, 0.15) is 11.4 Å². The molecular weight excluding hydrogens is 320 g/mol. The van der Waals surface area contributed by atoms with Crippen molar-refractivity contribution in [3.8, 4) is 5.75 Å². The van der Waals surface area contributed by atoms with Crippen molar-refractivity contribution in [1.82, 2.24) is 9.38 Å². The summed E-state index contributed by atoms with van der Waals surface area (Å²) in [5.74, 6) is 0.896. The van der Waals surface area contributed by atoms with Crippen LogP contribution in [0.3, 0.4) is 0 Å². The lowest BCUT2D eigenvalue weighted by Gasteiger charge is -2.02. The van der Waals surface area contributed by atoms with Crippen LogP contribution in [0.5, 0.6) is 5.75 Å². The summed E-state index contributed by atoms with van der Waals surface area (Å²) in [6.45, 7) is 1.95. The number of carbonyl (C=O) groups excluding carboxylic acids is 1. The molecule has 25 heavy (non-hydrogen) atoms. The Balaban J connectivity index is 2.03. The molecule has 3 rings (SSSR count). The van der Waals surface area contributed by atoms with Crippen molar-refractivity contribution in [3.63, 3.8) is 0 Å². The van der Waals surface area contributed by atoms with Crippen molar-refractivity contribution in [3.05, 3.63) is 53.9 Å². The monoisotopic (exact) mass is 338 g/mol. The Morgan fingerprint density at radius 3 is 2.56 bits per heavy atom. The number of carbonyl (C=O) groups is 1. The van der Waals surface area contributed by atoms with Gasteiger partial charge in [-0.05, 0) is 43.3 Å². The van der Waals surface area contributed by atoms with Crippen LogP contribution >= 0.6 is 0 Å². The van der Waals surface area contributed by atoms with Crippen LogP contribution in [0.4, 0.5) is 11.5 Å². The number of benzene rings is 1. The highest BCUT2D eigenvalue weighted by atomic mass is 16.5. The minimum atomic E-state index is -0.373. The van der Waals surface area contributed by atoms with E-state index >= 15 is 0 Å². The van der Waals surface area contributed by atoms with E-state index in [0.717, 1.165) is 11.4 Å². The van der Waals surface area contributed by atoms with Gasteiger partial charge in [0.15, 0.2) is 5.82 Å². The van der Waals surface area contributed by atoms with Gasteiger partial charge in [0.2, 0.25) is 0 Å². The molecule has 0 unspecified atom stereocenters. The number of imidazole rings is 1. The maximum atomic E-state index is 11.7. The molecule has 128 valence electrons. The van der Waals surface area contributed by atoms with E-state index in [-0.39, 0.29) is 12.4 Å². The number of nitrogens with zero attached hydrogens (tertiary/aromatic N) is 4. The summed E-state index contributed by atoms with van der Waals surface area (Å²) < 4.78 is 11.7. The molecule has 0 saturated carbocycles. The summed E-state index contributed by atoms with van der Waals surface area (Å²) >= 11 is 0. The molecule has 7 nitrogen and oxygen atoms in total. The first-order valence-corrected chi connectivity index (χ1v) is 7.72. The van der Waals surface area contributed by atoms with Gasteiger partial charge in [-0.2, -0.15) is 0 Å². The van der Waals surface area contributed by atoms with Crippen molar-refractivity contribution >= 4 is 23.1 Å². The fraction of sp³-hybridized carbons (Fsp3) is 0.222. The number of rotatable bonds is 5. The van der Waals surface area contributed by atoms with Gasteiger partial charge in [0.05, 0.1) is 32.0 Å². The largest absolute Gasteiger partial charge is 0.497 e. The molecule has 0 aliphatic rings. The van der Waals surface area contributed by atoms with Gasteiger partial charge in [-0.1, -0.05) is 6.07 Å². The smallest absolute Gasteiger partial charge is 0.311 e. The molecule has 0 atom stereocenters. The summed E-state index contributed by atoms with van der Waals surface area (Å²) in [6.07, 6.45) is 0.0363. The second kappa shape index (κ2) is 7.12. The van der Waals surface area contributed by atoms with Crippen LogP contribution in [0, 0.1) is 6.92 Å². The first-order valence-electron chi connectivity index (χ1n) is 7.72. The highest BCUT2D eigenvalue weighted by molar-refractivity contribution is 5.74. The zero-order valence-electron chi connectivity index (χ0n) is 14.3. The highest BCUT2D eigenvalue weighted by Gasteiger charge is 2.16. The molecule has 0 aliphatic carbocycles. The maximum absolute atomic E-state index is 11.7. The van der Waals surface area contributed by atoms with E-state index in [4.69, 9.17) is 9.47 Å². The van der Waals surface area contributed by atoms with Gasteiger partial charge in [0, 0.05) is 5.69 Å². The third-order valence-corrected chi connectivity index (χ3v) is 3.76. The van der Waals surface area contributed by atoms with E-state index in [1.807, 2.05) is 41.7 Å². The average Bonchev–Trinajstić information content (AvgIpc) is 2.98. The minimum Gasteiger partial charge on any atom is -0.497 e. The van der Waals surface area contributed by atoms with Crippen LogP contribution in [0.2, 0.25) is 0 Å². The predicted molar refractivity (Wildman–Crippen MR) is 92.8 cm³/mol. The summed E-state index contributed by atoms with van der Waals surface area (Å²) in [5.41, 5.74) is 2.86. The Hall–Kier alpha value is -3.22. The van der Waals surface area contributed by atoms with Crippen LogP contribution in [-0.2, 0) is 16.0 Å². The van der Waals surface area contributed by atoms with Gasteiger partial charge < -0.3 is 9.47 Å². The lowest BCUT2D eigenvalue weighted by atomic mass is 10.3. The molecule has 0 radical (unpaired) electrons. The standard InChI is InChI=1S/C18H18N4O3/c1-12-5-4-6-16-19-15(11-17(23)25-3)18(22(12)16)21-20-13-7-9-14(24-2)10-8-13/h4-10H,11H2,1-3H3. The van der Waals surface area contributed by atoms with Crippen molar-refractivity contribution < 1.29 is 14.3 Å². The summed E-state index contributed by atoms with van der Waals surface area (Å²) in [7, 11) is 2.96. The van der Waals surface area contributed by atoms with Crippen LogP contribution in [0.1, 0.15) is 11.4 Å². The number of pyridine rings is 1. The molecule has 2 aromatic heterocycles. The molecule has 1 aromatic carbocycles. The quantitative estimate of drug-likeness (QED) is 0.524. The maximum Gasteiger partial charge on any atom is 0.311 e. The second-order valence-electron chi connectivity index (χ2n) is 5.39. The first kappa shape index (κ1) is 16.6. The van der Waals surface area contributed by atoms with E-state index in [0.29, 0.717) is 22.8 Å². The molecule has 2 heterocycles. The summed E-state index contributed by atoms with van der Waals surface area (Å²) in [4.78, 5) is 16.2. The van der Waals surface area contributed by atoms with E-state index in [2.05, 4.69) is 15.2 Å². The SMILES string of the molecule is COC(=O)Cc1nc2cccc(C)n2c1N=Nc1ccc(OC)cc1. The lowest BCUT2D eigenvalue weighted by molar-refractivity contribution is -0.139. The zero-order chi connectivity index (χ0) is 17.8. The highest BCUT2D eigenvalue weighted by Crippen LogP contribution is 2.27. The lowest BCUT2D eigenvalue weighted by Crippen LogP contribution is -2.04. The Kier molecular flexibility index (Phi) is 4.74. The molecular formula is C18H18N4O3. The normalized spacial score (nSPS) is 11.2. The topological polar surface area (TPSA) is 77.5 Å². The molecule has 0 bridgehead atoms. The van der Waals surface area contributed by atoms with Crippen molar-refractivity contribution in [2.75, 3.05) is 14.2 Å². The number of hydrogen-bond acceptors (Lipinski definition) is 6. The summed E-state index contributed by atoms with van der Waals surface area (Å²) in [6, 6.07) is 12.9. The van der Waals surface area contributed by atoms with Gasteiger partial charge in [-0.3, -0.25) is 9.20 Å². The molecule has 0 N–H and O–H groups in total. The van der Waals surface area contributed by atoms with E-state index < -0.39 is 0 Å². The fourth-order valence-electron chi connectivity index (χ4n) is 2.47. The van der Waals surface area contributed by atoms with Gasteiger partial charge >= 0.3 is 5.97 Å². The molecule has 0 fully saturated rings. The van der Waals surface area contributed by atoms with E-state index in [9.17, 15) is 4.79 Å². The molecule has 7 heteroatoms. The van der Waals surface area contributed by atoms with E-state index in [1.54, 1.807) is 19.2 Å². The minimum absolute atomic E-state index is 0.0363. The van der Waals surface area contributed by atoms with Gasteiger partial charge in [-0.25, -0.2) is 4.98 Å². The van der Waals surface area contributed by atoms with E-state index in [1.165, 1.54) is 7.11 Å².